The summed E-state index contributed by atoms with van der Waals surface area (Å²) in [6, 6.07) is 80.3. The zero-order valence-electron chi connectivity index (χ0n) is 36.6. The summed E-state index contributed by atoms with van der Waals surface area (Å²) < 4.78 is 11.6. The summed E-state index contributed by atoms with van der Waals surface area (Å²) in [7, 11) is 0. The van der Waals surface area contributed by atoms with Crippen LogP contribution in [0.3, 0.4) is 0 Å². The molecule has 3 nitrogen and oxygen atoms in total. The molecule has 0 N–H and O–H groups in total. The van der Waals surface area contributed by atoms with Crippen molar-refractivity contribution in [3.63, 3.8) is 0 Å². The van der Waals surface area contributed by atoms with Crippen LogP contribution in [0.25, 0.3) is 121 Å². The van der Waals surface area contributed by atoms with Crippen LogP contribution in [0.15, 0.2) is 223 Å². The highest BCUT2D eigenvalue weighted by Crippen LogP contribution is 2.50. The predicted octanol–water partition coefficient (Wildman–Crippen LogP) is 17.1. The van der Waals surface area contributed by atoms with Gasteiger partial charge in [0.2, 0.25) is 0 Å². The van der Waals surface area contributed by atoms with Crippen molar-refractivity contribution in [2.45, 2.75) is 19.3 Å². The van der Waals surface area contributed by atoms with Crippen LogP contribution in [0.4, 0.5) is 0 Å². The fourth-order valence-electron chi connectivity index (χ4n) is 11.4. The molecule has 0 saturated carbocycles. The predicted molar refractivity (Wildman–Crippen MR) is 276 cm³/mol. The Morgan fingerprint density at radius 3 is 1.76 bits per heavy atom. The Hall–Kier alpha value is -8.40. The van der Waals surface area contributed by atoms with Crippen molar-refractivity contribution in [2.24, 2.45) is 0 Å². The molecule has 13 aromatic rings. The van der Waals surface area contributed by atoms with Crippen LogP contribution in [-0.2, 0) is 5.41 Å². The second kappa shape index (κ2) is 13.8. The monoisotopic (exact) mass is 842 g/mol. The molecule has 66 heavy (non-hydrogen) atoms. The van der Waals surface area contributed by atoms with E-state index in [4.69, 9.17) is 4.42 Å². The number of benzene rings is 10. The number of hydrogen-bond donors (Lipinski definition) is 0. The molecule has 1 aliphatic carbocycles. The van der Waals surface area contributed by atoms with Gasteiger partial charge < -0.3 is 13.6 Å². The van der Waals surface area contributed by atoms with E-state index >= 15 is 0 Å². The largest absolute Gasteiger partial charge is 0.454 e. The average Bonchev–Trinajstić information content (AvgIpc) is 4.09. The summed E-state index contributed by atoms with van der Waals surface area (Å²) in [5.41, 5.74) is 21.0. The molecule has 0 fully saturated rings. The smallest absolute Gasteiger partial charge is 0.159 e. The van der Waals surface area contributed by atoms with Gasteiger partial charge in [-0.05, 0) is 123 Å². The third kappa shape index (κ3) is 5.26. The van der Waals surface area contributed by atoms with Gasteiger partial charge in [0.05, 0.1) is 27.8 Å². The second-order valence-electron chi connectivity index (χ2n) is 18.5. The summed E-state index contributed by atoms with van der Waals surface area (Å²) in [5, 5.41) is 7.12. The lowest BCUT2D eigenvalue weighted by Gasteiger charge is -2.22. The number of rotatable bonds is 5. The minimum atomic E-state index is -0.120. The Kier molecular flexibility index (Phi) is 7.74. The lowest BCUT2D eigenvalue weighted by molar-refractivity contribution is 0.660. The molecule has 0 atom stereocenters. The number of nitrogens with zero attached hydrogens (tertiary/aromatic N) is 2. The van der Waals surface area contributed by atoms with E-state index in [0.717, 1.165) is 55.5 Å². The van der Waals surface area contributed by atoms with Crippen LogP contribution in [-0.4, -0.2) is 9.13 Å². The molecule has 0 spiro atoms. The van der Waals surface area contributed by atoms with Crippen molar-refractivity contribution < 1.29 is 4.42 Å². The third-order valence-electron chi connectivity index (χ3n) is 14.5. The second-order valence-corrected chi connectivity index (χ2v) is 18.5. The summed E-state index contributed by atoms with van der Waals surface area (Å²) in [5.74, 6) is 0. The van der Waals surface area contributed by atoms with Gasteiger partial charge in [0.25, 0.3) is 0 Å². The Labute approximate surface area is 382 Å². The van der Waals surface area contributed by atoms with E-state index in [1.165, 1.54) is 77.1 Å². The van der Waals surface area contributed by atoms with Crippen LogP contribution in [0.5, 0.6) is 0 Å². The van der Waals surface area contributed by atoms with Crippen LogP contribution in [0.2, 0.25) is 0 Å². The van der Waals surface area contributed by atoms with E-state index < -0.39 is 0 Å². The minimum Gasteiger partial charge on any atom is -0.454 e. The number of furan rings is 1. The molecule has 3 heteroatoms. The third-order valence-corrected chi connectivity index (χ3v) is 14.5. The molecule has 0 amide bonds. The lowest BCUT2D eigenvalue weighted by Crippen LogP contribution is -2.14. The molecule has 310 valence electrons. The highest BCUT2D eigenvalue weighted by Gasteiger charge is 2.35. The summed E-state index contributed by atoms with van der Waals surface area (Å²) >= 11 is 0. The molecular formula is C63H42N2O. The van der Waals surface area contributed by atoms with Gasteiger partial charge in [-0.25, -0.2) is 0 Å². The van der Waals surface area contributed by atoms with Crippen molar-refractivity contribution >= 4 is 65.6 Å². The highest BCUT2D eigenvalue weighted by molar-refractivity contribution is 6.16. The normalized spacial score (nSPS) is 13.1. The van der Waals surface area contributed by atoms with Gasteiger partial charge in [-0.1, -0.05) is 159 Å². The van der Waals surface area contributed by atoms with E-state index in [0.29, 0.717) is 0 Å². The first-order valence-electron chi connectivity index (χ1n) is 22.9. The maximum Gasteiger partial charge on any atom is 0.159 e. The van der Waals surface area contributed by atoms with Crippen LogP contribution < -0.4 is 0 Å². The summed E-state index contributed by atoms with van der Waals surface area (Å²) in [4.78, 5) is 0. The average molecular weight is 843 g/mol. The maximum atomic E-state index is 6.75. The van der Waals surface area contributed by atoms with E-state index in [-0.39, 0.29) is 5.41 Å². The fourth-order valence-corrected chi connectivity index (χ4v) is 11.4. The molecule has 14 rings (SSSR count). The summed E-state index contributed by atoms with van der Waals surface area (Å²) in [6.07, 6.45) is 0. The standard InChI is InChI=1S/C63H42N2O/c1-63(2)54-25-10-6-18-46(54)47-32-30-40(38-55(47)63)42-34-41(39-31-33-58-53(37-39)49-20-8-11-26-56(49)64(58)44-16-4-3-5-17-44)35-43(36-42)45-22-14-23-51-48-19-7-12-27-57(48)65(61(45)51)59-28-15-24-52-50-21-9-13-29-60(50)66-62(52)59/h3-38H,1-2H3. The zero-order valence-corrected chi connectivity index (χ0v) is 36.6. The minimum absolute atomic E-state index is 0.120. The molecule has 0 aliphatic heterocycles. The zero-order chi connectivity index (χ0) is 43.7. The molecule has 3 aromatic heterocycles. The van der Waals surface area contributed by atoms with Gasteiger partial charge in [0.1, 0.15) is 5.58 Å². The van der Waals surface area contributed by atoms with Gasteiger partial charge in [0, 0.05) is 49.0 Å². The van der Waals surface area contributed by atoms with Crippen LogP contribution in [0.1, 0.15) is 25.0 Å². The van der Waals surface area contributed by atoms with Crippen molar-refractivity contribution in [1.82, 2.24) is 9.13 Å². The van der Waals surface area contributed by atoms with E-state index in [1.54, 1.807) is 0 Å². The fraction of sp³-hybridized carbons (Fsp3) is 0.0476. The first-order valence-corrected chi connectivity index (χ1v) is 22.9. The number of fused-ring (bicyclic) bond motifs is 12. The first-order chi connectivity index (χ1) is 32.5. The highest BCUT2D eigenvalue weighted by atomic mass is 16.3. The Bertz CT molecular complexity index is 4140. The van der Waals surface area contributed by atoms with Gasteiger partial charge in [-0.2, -0.15) is 0 Å². The van der Waals surface area contributed by atoms with Crippen LogP contribution in [0, 0.1) is 0 Å². The molecule has 0 radical (unpaired) electrons. The van der Waals surface area contributed by atoms with E-state index in [2.05, 4.69) is 235 Å². The van der Waals surface area contributed by atoms with Gasteiger partial charge >= 0.3 is 0 Å². The van der Waals surface area contributed by atoms with Crippen molar-refractivity contribution in [1.29, 1.82) is 0 Å². The van der Waals surface area contributed by atoms with Gasteiger partial charge in [-0.15, -0.1) is 0 Å². The van der Waals surface area contributed by atoms with Crippen LogP contribution >= 0.6 is 0 Å². The molecule has 3 heterocycles. The van der Waals surface area contributed by atoms with Gasteiger partial charge in [0.15, 0.2) is 5.58 Å². The number of hydrogen-bond acceptors (Lipinski definition) is 1. The van der Waals surface area contributed by atoms with E-state index in [9.17, 15) is 0 Å². The Morgan fingerprint density at radius 2 is 0.924 bits per heavy atom. The molecule has 0 bridgehead atoms. The molecule has 0 saturated heterocycles. The maximum absolute atomic E-state index is 6.75. The SMILES string of the molecule is CC1(C)c2ccccc2-c2ccc(-c3cc(-c4ccc5c(c4)c4ccccc4n5-c4ccccc4)cc(-c4cccc5c6ccccc6n(-c6cccc7c6oc6ccccc67)c45)c3)cc21. The number of para-hydroxylation sites is 6. The van der Waals surface area contributed by atoms with Crippen molar-refractivity contribution in [3.8, 4) is 55.9 Å². The Balaban J connectivity index is 1.04. The molecule has 10 aromatic carbocycles. The quantitative estimate of drug-likeness (QED) is 0.169. The topological polar surface area (TPSA) is 23.0 Å². The van der Waals surface area contributed by atoms with E-state index in [1.807, 2.05) is 6.07 Å². The van der Waals surface area contributed by atoms with Crippen molar-refractivity contribution in [2.75, 3.05) is 0 Å². The van der Waals surface area contributed by atoms with Crippen molar-refractivity contribution in [3.05, 3.63) is 230 Å². The lowest BCUT2D eigenvalue weighted by atomic mass is 9.81. The molecular weight excluding hydrogens is 801 g/mol. The van der Waals surface area contributed by atoms with Gasteiger partial charge in [-0.3, -0.25) is 0 Å². The molecule has 1 aliphatic rings. The molecule has 0 unspecified atom stereocenters. The summed E-state index contributed by atoms with van der Waals surface area (Å²) in [6.45, 7) is 4.74. The first kappa shape index (κ1) is 37.0. The Morgan fingerprint density at radius 1 is 0.348 bits per heavy atom. The number of aromatic nitrogens is 2.